The Balaban J connectivity index is 1.38. The van der Waals surface area contributed by atoms with E-state index in [0.717, 1.165) is 17.7 Å². The summed E-state index contributed by atoms with van der Waals surface area (Å²) >= 11 is 0. The van der Waals surface area contributed by atoms with Crippen molar-refractivity contribution in [2.75, 3.05) is 32.8 Å². The number of carbonyl (C=O) groups is 2. The van der Waals surface area contributed by atoms with Gasteiger partial charge in [-0.25, -0.2) is 13.1 Å². The molecule has 0 aliphatic carbocycles. The van der Waals surface area contributed by atoms with Crippen molar-refractivity contribution in [2.45, 2.75) is 31.1 Å². The van der Waals surface area contributed by atoms with Crippen LogP contribution in [0.3, 0.4) is 0 Å². The number of hydrogen-bond donors (Lipinski definition) is 2. The predicted octanol–water partition coefficient (Wildman–Crippen LogP) is 2.10. The Kier molecular flexibility index (Phi) is 8.85. The predicted molar refractivity (Wildman–Crippen MR) is 125 cm³/mol. The van der Waals surface area contributed by atoms with Gasteiger partial charge in [0, 0.05) is 26.2 Å². The van der Waals surface area contributed by atoms with Gasteiger partial charge in [-0.15, -0.1) is 0 Å². The number of amides is 2. The molecule has 33 heavy (non-hydrogen) atoms. The lowest BCUT2D eigenvalue weighted by molar-refractivity contribution is -0.136. The number of aryl methyl sites for hydroxylation is 1. The molecule has 3 rings (SSSR count). The van der Waals surface area contributed by atoms with E-state index in [2.05, 4.69) is 10.0 Å². The fourth-order valence-corrected chi connectivity index (χ4v) is 4.70. The van der Waals surface area contributed by atoms with Gasteiger partial charge in [0.25, 0.3) is 0 Å². The Morgan fingerprint density at radius 3 is 2.52 bits per heavy atom. The fourth-order valence-electron chi connectivity index (χ4n) is 3.66. The number of sulfonamides is 1. The topological polar surface area (TPSA) is 105 Å². The molecule has 8 nitrogen and oxygen atoms in total. The summed E-state index contributed by atoms with van der Waals surface area (Å²) < 4.78 is 32.7. The number of piperidine rings is 1. The van der Waals surface area contributed by atoms with Gasteiger partial charge in [-0.2, -0.15) is 0 Å². The largest absolute Gasteiger partial charge is 0.493 e. The molecule has 0 aromatic heterocycles. The average Bonchev–Trinajstić information content (AvgIpc) is 2.82. The van der Waals surface area contributed by atoms with Crippen LogP contribution in [-0.2, 0) is 19.6 Å². The summed E-state index contributed by atoms with van der Waals surface area (Å²) in [7, 11) is -3.61. The van der Waals surface area contributed by atoms with Gasteiger partial charge in [-0.1, -0.05) is 35.9 Å². The molecule has 0 radical (unpaired) electrons. The number of likely N-dealkylation sites (tertiary alicyclic amines) is 1. The molecule has 1 aliphatic heterocycles. The van der Waals surface area contributed by atoms with Crippen molar-refractivity contribution in [1.82, 2.24) is 14.9 Å². The molecule has 1 unspecified atom stereocenters. The van der Waals surface area contributed by atoms with Crippen LogP contribution in [0.25, 0.3) is 0 Å². The molecule has 2 amide bonds. The third kappa shape index (κ3) is 7.57. The average molecular weight is 474 g/mol. The minimum Gasteiger partial charge on any atom is -0.493 e. The molecule has 0 bridgehead atoms. The molecular weight excluding hydrogens is 442 g/mol. The first-order valence-electron chi connectivity index (χ1n) is 11.1. The van der Waals surface area contributed by atoms with Crippen LogP contribution in [0.2, 0.25) is 0 Å². The summed E-state index contributed by atoms with van der Waals surface area (Å²) in [5.41, 5.74) is 0.977. The molecule has 1 heterocycles. The number of para-hydroxylation sites is 1. The Hall–Kier alpha value is -2.91. The summed E-state index contributed by atoms with van der Waals surface area (Å²) in [6.45, 7) is 3.44. The van der Waals surface area contributed by atoms with Gasteiger partial charge in [-0.05, 0) is 44.0 Å². The highest BCUT2D eigenvalue weighted by Crippen LogP contribution is 2.18. The Bertz CT molecular complexity index is 1030. The number of hydrogen-bond acceptors (Lipinski definition) is 5. The van der Waals surface area contributed by atoms with Crippen LogP contribution in [0.1, 0.15) is 24.8 Å². The maximum absolute atomic E-state index is 12.5. The van der Waals surface area contributed by atoms with E-state index in [9.17, 15) is 18.0 Å². The molecule has 1 atom stereocenters. The summed E-state index contributed by atoms with van der Waals surface area (Å²) in [4.78, 5) is 27.0. The van der Waals surface area contributed by atoms with Crippen LogP contribution >= 0.6 is 0 Å². The lowest BCUT2D eigenvalue weighted by Crippen LogP contribution is -2.46. The molecule has 1 fully saturated rings. The number of ether oxygens (including phenoxy) is 1. The number of carbonyl (C=O) groups excluding carboxylic acids is 2. The SMILES string of the molecule is Cc1ccc(S(=O)(=O)NCCNC(=O)C2CCCN(C(=O)CCOc3ccccc3)C2)cc1. The molecular formula is C24H31N3O5S. The number of rotatable bonds is 10. The zero-order valence-corrected chi connectivity index (χ0v) is 19.6. The molecule has 1 saturated heterocycles. The van der Waals surface area contributed by atoms with E-state index in [1.165, 1.54) is 0 Å². The molecule has 2 aromatic rings. The minimum absolute atomic E-state index is 0.0331. The lowest BCUT2D eigenvalue weighted by Gasteiger charge is -2.32. The zero-order valence-electron chi connectivity index (χ0n) is 18.8. The van der Waals surface area contributed by atoms with Gasteiger partial charge in [0.15, 0.2) is 0 Å². The van der Waals surface area contributed by atoms with Crippen molar-refractivity contribution in [3.8, 4) is 5.75 Å². The van der Waals surface area contributed by atoms with Gasteiger partial charge < -0.3 is 15.0 Å². The number of nitrogens with zero attached hydrogens (tertiary/aromatic N) is 1. The molecule has 178 valence electrons. The summed E-state index contributed by atoms with van der Waals surface area (Å²) in [5.74, 6) is 0.225. The van der Waals surface area contributed by atoms with Gasteiger partial charge in [-0.3, -0.25) is 9.59 Å². The van der Waals surface area contributed by atoms with Crippen LogP contribution in [-0.4, -0.2) is 57.9 Å². The molecule has 0 saturated carbocycles. The third-order valence-corrected chi connectivity index (χ3v) is 7.00. The first-order chi connectivity index (χ1) is 15.8. The second kappa shape index (κ2) is 11.8. The Morgan fingerprint density at radius 2 is 1.79 bits per heavy atom. The third-order valence-electron chi connectivity index (χ3n) is 5.52. The van der Waals surface area contributed by atoms with E-state index in [4.69, 9.17) is 4.74 Å². The summed E-state index contributed by atoms with van der Waals surface area (Å²) in [5, 5.41) is 2.78. The van der Waals surface area contributed by atoms with Crippen molar-refractivity contribution >= 4 is 21.8 Å². The molecule has 0 spiro atoms. The highest BCUT2D eigenvalue weighted by atomic mass is 32.2. The van der Waals surface area contributed by atoms with E-state index < -0.39 is 10.0 Å². The molecule has 9 heteroatoms. The van der Waals surface area contributed by atoms with Gasteiger partial charge in [0.05, 0.1) is 23.8 Å². The summed E-state index contributed by atoms with van der Waals surface area (Å²) in [6, 6.07) is 15.9. The fraction of sp³-hybridized carbons (Fsp3) is 0.417. The van der Waals surface area contributed by atoms with Crippen molar-refractivity contribution in [1.29, 1.82) is 0 Å². The monoisotopic (exact) mass is 473 g/mol. The maximum atomic E-state index is 12.5. The van der Waals surface area contributed by atoms with Crippen LogP contribution < -0.4 is 14.8 Å². The van der Waals surface area contributed by atoms with Crippen LogP contribution in [0.4, 0.5) is 0 Å². The van der Waals surface area contributed by atoms with E-state index in [1.807, 2.05) is 37.3 Å². The van der Waals surface area contributed by atoms with Crippen LogP contribution in [0.5, 0.6) is 5.75 Å². The highest BCUT2D eigenvalue weighted by molar-refractivity contribution is 7.89. The second-order valence-corrected chi connectivity index (χ2v) is 9.86. The molecule has 2 N–H and O–H groups in total. The zero-order chi connectivity index (χ0) is 23.7. The van der Waals surface area contributed by atoms with Gasteiger partial charge in [0.2, 0.25) is 21.8 Å². The second-order valence-electron chi connectivity index (χ2n) is 8.09. The molecule has 1 aliphatic rings. The van der Waals surface area contributed by atoms with Crippen LogP contribution in [0.15, 0.2) is 59.5 Å². The maximum Gasteiger partial charge on any atom is 0.240 e. The first kappa shape index (κ1) is 24.7. The highest BCUT2D eigenvalue weighted by Gasteiger charge is 2.28. The van der Waals surface area contributed by atoms with Crippen LogP contribution in [0, 0.1) is 12.8 Å². The Morgan fingerprint density at radius 1 is 1.06 bits per heavy atom. The van der Waals surface area contributed by atoms with Gasteiger partial charge >= 0.3 is 0 Å². The first-order valence-corrected chi connectivity index (χ1v) is 12.6. The quantitative estimate of drug-likeness (QED) is 0.514. The summed E-state index contributed by atoms with van der Waals surface area (Å²) in [6.07, 6.45) is 1.71. The normalized spacial score (nSPS) is 16.3. The Labute approximate surface area is 195 Å². The molecule has 2 aromatic carbocycles. The van der Waals surface area contributed by atoms with Crippen molar-refractivity contribution < 1.29 is 22.7 Å². The van der Waals surface area contributed by atoms with Gasteiger partial charge in [0.1, 0.15) is 5.75 Å². The number of benzene rings is 2. The standard InChI is InChI=1S/C24H31N3O5S/c1-19-9-11-22(12-10-19)33(30,31)26-15-14-25-24(29)20-6-5-16-27(18-20)23(28)13-17-32-21-7-3-2-4-8-21/h2-4,7-12,20,26H,5-6,13-18H2,1H3,(H,25,29). The van der Waals surface area contributed by atoms with Crippen molar-refractivity contribution in [3.05, 3.63) is 60.2 Å². The van der Waals surface area contributed by atoms with Crippen molar-refractivity contribution in [2.24, 2.45) is 5.92 Å². The van der Waals surface area contributed by atoms with E-state index in [-0.39, 0.29) is 48.7 Å². The number of nitrogens with one attached hydrogen (secondary N) is 2. The lowest BCUT2D eigenvalue weighted by atomic mass is 9.97. The smallest absolute Gasteiger partial charge is 0.240 e. The van der Waals surface area contributed by atoms with E-state index >= 15 is 0 Å². The minimum atomic E-state index is -3.61. The van der Waals surface area contributed by atoms with E-state index in [1.54, 1.807) is 29.2 Å². The van der Waals surface area contributed by atoms with E-state index in [0.29, 0.717) is 19.5 Å². The van der Waals surface area contributed by atoms with Crippen molar-refractivity contribution in [3.63, 3.8) is 0 Å².